The number of carbonyl (C=O) groups excluding carboxylic acids is 1. The molecule has 0 unspecified atom stereocenters. The zero-order valence-electron chi connectivity index (χ0n) is 15.0. The van der Waals surface area contributed by atoms with Crippen LogP contribution in [0.15, 0.2) is 65.7 Å². The first-order valence-corrected chi connectivity index (χ1v) is 9.22. The van der Waals surface area contributed by atoms with Crippen LogP contribution in [0.3, 0.4) is 0 Å². The van der Waals surface area contributed by atoms with Gasteiger partial charge in [0.25, 0.3) is 0 Å². The number of likely N-dealkylation sites (N-methyl/N-ethyl adjacent to an activating group) is 1. The molecule has 0 atom stereocenters. The smallest absolute Gasteiger partial charge is 0.193 e. The molecule has 140 valence electrons. The third-order valence-corrected chi connectivity index (χ3v) is 4.40. The van der Waals surface area contributed by atoms with Crippen LogP contribution in [-0.2, 0) is 0 Å². The molecule has 2 aromatic carbocycles. The maximum Gasteiger partial charge on any atom is 0.193 e. The molecule has 0 heterocycles. The summed E-state index contributed by atoms with van der Waals surface area (Å²) in [7, 11) is 2.09. The minimum Gasteiger partial charge on any atom is -0.494 e. The molecule has 0 N–H and O–H groups in total. The fourth-order valence-corrected chi connectivity index (χ4v) is 2.72. The molecule has 0 fully saturated rings. The van der Waals surface area contributed by atoms with Gasteiger partial charge in [-0.1, -0.05) is 22.0 Å². The largest absolute Gasteiger partial charge is 0.494 e. The van der Waals surface area contributed by atoms with Gasteiger partial charge in [0.05, 0.1) is 6.61 Å². The van der Waals surface area contributed by atoms with E-state index in [4.69, 9.17) is 4.74 Å². The van der Waals surface area contributed by atoms with Gasteiger partial charge in [-0.3, -0.25) is 4.79 Å². The monoisotopic (exact) mass is 481 g/mol. The Balaban J connectivity index is 0.00000338. The molecule has 0 aromatic heterocycles. The van der Waals surface area contributed by atoms with Gasteiger partial charge < -0.3 is 9.64 Å². The third kappa shape index (κ3) is 7.44. The van der Waals surface area contributed by atoms with E-state index in [0.717, 1.165) is 36.2 Å². The van der Waals surface area contributed by atoms with E-state index in [2.05, 4.69) is 34.5 Å². The minimum atomic E-state index is 0. The number of carbonyl (C=O) groups is 1. The molecule has 0 saturated carbocycles. The summed E-state index contributed by atoms with van der Waals surface area (Å²) in [6.45, 7) is 6.37. The molecule has 0 aliphatic carbocycles. The van der Waals surface area contributed by atoms with Crippen LogP contribution >= 0.6 is 32.9 Å². The van der Waals surface area contributed by atoms with Crippen LogP contribution in [0.1, 0.15) is 28.8 Å². The second kappa shape index (κ2) is 12.0. The van der Waals surface area contributed by atoms with Crippen LogP contribution in [0.2, 0.25) is 0 Å². The molecular formula is C21H25Br2NO2. The van der Waals surface area contributed by atoms with E-state index in [0.29, 0.717) is 17.7 Å². The molecule has 26 heavy (non-hydrogen) atoms. The number of ketones is 1. The Labute approximate surface area is 174 Å². The average Bonchev–Trinajstić information content (AvgIpc) is 2.62. The van der Waals surface area contributed by atoms with Gasteiger partial charge in [0, 0.05) is 22.1 Å². The fourth-order valence-electron chi connectivity index (χ4n) is 2.46. The Morgan fingerprint density at radius 1 is 1.08 bits per heavy atom. The van der Waals surface area contributed by atoms with Crippen molar-refractivity contribution in [1.82, 2.24) is 4.90 Å². The maximum absolute atomic E-state index is 12.4. The summed E-state index contributed by atoms with van der Waals surface area (Å²) in [6.07, 6.45) is 4.00. The standard InChI is InChI=1S/C21H24BrNO2.BrH/c1-3-14-23(2)15-4-5-16-25-20-12-8-18(9-13-20)21(24)17-6-10-19(22)11-7-17;/h3,6-13H,1,4-5,14-16H2,2H3;1H. The van der Waals surface area contributed by atoms with Gasteiger partial charge in [0.1, 0.15) is 5.75 Å². The Bertz CT molecular complexity index is 684. The molecule has 0 bridgehead atoms. The number of benzene rings is 2. The van der Waals surface area contributed by atoms with Gasteiger partial charge >= 0.3 is 0 Å². The molecule has 3 nitrogen and oxygen atoms in total. The molecule has 2 rings (SSSR count). The Kier molecular flexibility index (Phi) is 10.5. The van der Waals surface area contributed by atoms with Crippen molar-refractivity contribution in [2.45, 2.75) is 12.8 Å². The van der Waals surface area contributed by atoms with Gasteiger partial charge in [0.15, 0.2) is 5.78 Å². The van der Waals surface area contributed by atoms with Crippen LogP contribution in [0.4, 0.5) is 0 Å². The van der Waals surface area contributed by atoms with Crippen LogP contribution in [0.25, 0.3) is 0 Å². The number of hydrogen-bond acceptors (Lipinski definition) is 3. The first kappa shape index (κ1) is 22.6. The van der Waals surface area contributed by atoms with E-state index < -0.39 is 0 Å². The summed E-state index contributed by atoms with van der Waals surface area (Å²) >= 11 is 3.38. The van der Waals surface area contributed by atoms with Gasteiger partial charge in [-0.15, -0.1) is 23.6 Å². The van der Waals surface area contributed by atoms with Gasteiger partial charge in [-0.25, -0.2) is 0 Å². The van der Waals surface area contributed by atoms with E-state index in [1.807, 2.05) is 54.6 Å². The Hall–Kier alpha value is -1.43. The zero-order chi connectivity index (χ0) is 18.1. The summed E-state index contributed by atoms with van der Waals surface area (Å²) in [5.74, 6) is 0.816. The second-order valence-electron chi connectivity index (χ2n) is 5.97. The summed E-state index contributed by atoms with van der Waals surface area (Å²) in [4.78, 5) is 14.6. The lowest BCUT2D eigenvalue weighted by molar-refractivity contribution is 0.103. The number of unbranched alkanes of at least 4 members (excludes halogenated alkanes) is 1. The van der Waals surface area contributed by atoms with Crippen LogP contribution in [-0.4, -0.2) is 37.4 Å². The lowest BCUT2D eigenvalue weighted by Crippen LogP contribution is -2.19. The Morgan fingerprint density at radius 3 is 2.23 bits per heavy atom. The van der Waals surface area contributed by atoms with E-state index in [1.54, 1.807) is 0 Å². The van der Waals surface area contributed by atoms with Crippen molar-refractivity contribution in [2.75, 3.05) is 26.7 Å². The highest BCUT2D eigenvalue weighted by molar-refractivity contribution is 9.10. The van der Waals surface area contributed by atoms with Crippen molar-refractivity contribution in [3.05, 3.63) is 76.8 Å². The van der Waals surface area contributed by atoms with E-state index in [-0.39, 0.29) is 22.8 Å². The van der Waals surface area contributed by atoms with Crippen molar-refractivity contribution >= 4 is 38.7 Å². The normalized spacial score (nSPS) is 10.3. The number of hydrogen-bond donors (Lipinski definition) is 0. The van der Waals surface area contributed by atoms with Crippen molar-refractivity contribution in [3.8, 4) is 5.75 Å². The van der Waals surface area contributed by atoms with E-state index >= 15 is 0 Å². The highest BCUT2D eigenvalue weighted by Crippen LogP contribution is 2.17. The van der Waals surface area contributed by atoms with Crippen LogP contribution in [0.5, 0.6) is 5.75 Å². The average molecular weight is 483 g/mol. The predicted octanol–water partition coefficient (Wildman–Crippen LogP) is 5.53. The molecule has 0 spiro atoms. The lowest BCUT2D eigenvalue weighted by atomic mass is 10.0. The summed E-state index contributed by atoms with van der Waals surface area (Å²) in [5, 5.41) is 0. The summed E-state index contributed by atoms with van der Waals surface area (Å²) in [6, 6.07) is 14.7. The van der Waals surface area contributed by atoms with Gasteiger partial charge in [0.2, 0.25) is 0 Å². The Morgan fingerprint density at radius 2 is 1.65 bits per heavy atom. The van der Waals surface area contributed by atoms with Gasteiger partial charge in [-0.2, -0.15) is 0 Å². The first-order chi connectivity index (χ1) is 12.1. The molecule has 0 amide bonds. The minimum absolute atomic E-state index is 0. The SMILES string of the molecule is Br.C=CCN(C)CCCCOc1ccc(C(=O)c2ccc(Br)cc2)cc1. The predicted molar refractivity (Wildman–Crippen MR) is 117 cm³/mol. The van der Waals surface area contributed by atoms with Gasteiger partial charge in [-0.05, 0) is 75.0 Å². The fraction of sp³-hybridized carbons (Fsp3) is 0.286. The van der Waals surface area contributed by atoms with Crippen LogP contribution in [0, 0.1) is 0 Å². The maximum atomic E-state index is 12.4. The van der Waals surface area contributed by atoms with Crippen LogP contribution < -0.4 is 4.74 Å². The van der Waals surface area contributed by atoms with Crippen molar-refractivity contribution < 1.29 is 9.53 Å². The quantitative estimate of drug-likeness (QED) is 0.253. The highest BCUT2D eigenvalue weighted by atomic mass is 79.9. The highest BCUT2D eigenvalue weighted by Gasteiger charge is 2.08. The van der Waals surface area contributed by atoms with Crippen molar-refractivity contribution in [3.63, 3.8) is 0 Å². The molecule has 0 aliphatic heterocycles. The topological polar surface area (TPSA) is 29.5 Å². The molecule has 0 saturated heterocycles. The molecular weight excluding hydrogens is 458 g/mol. The van der Waals surface area contributed by atoms with E-state index in [1.165, 1.54) is 0 Å². The number of nitrogens with zero attached hydrogens (tertiary/aromatic N) is 1. The molecule has 0 aliphatic rings. The third-order valence-electron chi connectivity index (χ3n) is 3.87. The van der Waals surface area contributed by atoms with Crippen molar-refractivity contribution in [2.24, 2.45) is 0 Å². The molecule has 5 heteroatoms. The molecule has 0 radical (unpaired) electrons. The zero-order valence-corrected chi connectivity index (χ0v) is 18.3. The second-order valence-corrected chi connectivity index (χ2v) is 6.88. The number of halogens is 2. The summed E-state index contributed by atoms with van der Waals surface area (Å²) in [5.41, 5.74) is 1.35. The van der Waals surface area contributed by atoms with Crippen molar-refractivity contribution in [1.29, 1.82) is 0 Å². The summed E-state index contributed by atoms with van der Waals surface area (Å²) < 4.78 is 6.71. The van der Waals surface area contributed by atoms with E-state index in [9.17, 15) is 4.79 Å². The number of rotatable bonds is 10. The first-order valence-electron chi connectivity index (χ1n) is 8.42. The molecule has 2 aromatic rings. The lowest BCUT2D eigenvalue weighted by Gasteiger charge is -2.13. The number of ether oxygens (including phenoxy) is 1.